The first-order chi connectivity index (χ1) is 7.47. The molecule has 6 nitrogen and oxygen atoms in total. The normalized spacial score (nSPS) is 11.3. The van der Waals surface area contributed by atoms with Gasteiger partial charge in [-0.25, -0.2) is 0 Å². The van der Waals surface area contributed by atoms with Gasteiger partial charge in [-0.1, -0.05) is 9.70 Å². The quantitative estimate of drug-likeness (QED) is 0.360. The van der Waals surface area contributed by atoms with Crippen LogP contribution in [0.15, 0.2) is 23.4 Å². The van der Waals surface area contributed by atoms with Crippen molar-refractivity contribution in [1.82, 2.24) is 0 Å². The summed E-state index contributed by atoms with van der Waals surface area (Å²) >= 11 is 0. The van der Waals surface area contributed by atoms with E-state index in [0.717, 1.165) is 17.0 Å². The third kappa shape index (κ3) is 2.22. The zero-order valence-electron chi connectivity index (χ0n) is 8.22. The van der Waals surface area contributed by atoms with Crippen molar-refractivity contribution in [1.29, 1.82) is 0 Å². The highest BCUT2D eigenvalue weighted by atomic mass is 19.2. The summed E-state index contributed by atoms with van der Waals surface area (Å²) in [6.07, 6.45) is 0. The molecule has 0 aliphatic heterocycles. The lowest BCUT2D eigenvalue weighted by molar-refractivity contribution is -0.387. The molecule has 0 aliphatic rings. The monoisotopic (exact) mass is 230 g/mol. The van der Waals surface area contributed by atoms with Crippen LogP contribution in [0.4, 0.5) is 20.2 Å². The van der Waals surface area contributed by atoms with E-state index in [0.29, 0.717) is 0 Å². The molecule has 0 atom stereocenters. The van der Waals surface area contributed by atoms with Crippen LogP contribution in [-0.2, 0) is 0 Å². The van der Waals surface area contributed by atoms with E-state index in [1.807, 2.05) is 0 Å². The van der Waals surface area contributed by atoms with E-state index >= 15 is 0 Å². The summed E-state index contributed by atoms with van der Waals surface area (Å²) in [5.74, 6) is -1.51. The van der Waals surface area contributed by atoms with Gasteiger partial charge in [0, 0.05) is 24.9 Å². The minimum absolute atomic E-state index is 0.155. The largest absolute Gasteiger partial charge is 0.367 e. The molecule has 0 fully saturated rings. The molecule has 86 valence electrons. The predicted octanol–water partition coefficient (Wildman–Crippen LogP) is 1.37. The molecule has 0 saturated carbocycles. The number of benzene rings is 1. The van der Waals surface area contributed by atoms with E-state index in [-0.39, 0.29) is 5.69 Å². The van der Waals surface area contributed by atoms with Crippen LogP contribution in [0.5, 0.6) is 0 Å². The van der Waals surface area contributed by atoms with Crippen LogP contribution in [0.2, 0.25) is 0 Å². The Morgan fingerprint density at radius 3 is 2.69 bits per heavy atom. The van der Waals surface area contributed by atoms with Crippen molar-refractivity contribution in [2.24, 2.45) is 10.9 Å². The molecule has 0 unspecified atom stereocenters. The maximum absolute atomic E-state index is 13.2. The Labute approximate surface area is 89.1 Å². The summed E-state index contributed by atoms with van der Waals surface area (Å²) in [4.78, 5) is 10.5. The molecule has 16 heavy (non-hydrogen) atoms. The first-order valence-corrected chi connectivity index (χ1v) is 4.09. The highest BCUT2D eigenvalue weighted by Gasteiger charge is 2.16. The van der Waals surface area contributed by atoms with Gasteiger partial charge in [-0.2, -0.15) is 4.39 Å². The zero-order chi connectivity index (χ0) is 12.3. The minimum atomic E-state index is -1.03. The molecule has 0 amide bonds. The third-order valence-electron chi connectivity index (χ3n) is 1.95. The molecule has 0 aliphatic carbocycles. The fraction of sp³-hybridized carbons (Fsp3) is 0.125. The van der Waals surface area contributed by atoms with E-state index in [9.17, 15) is 19.0 Å². The van der Waals surface area contributed by atoms with Crippen molar-refractivity contribution in [3.05, 3.63) is 34.1 Å². The van der Waals surface area contributed by atoms with Crippen molar-refractivity contribution >= 4 is 17.3 Å². The van der Waals surface area contributed by atoms with Crippen LogP contribution in [0, 0.1) is 15.9 Å². The Balaban J connectivity index is 3.11. The van der Waals surface area contributed by atoms with E-state index in [1.54, 1.807) is 0 Å². The summed E-state index contributed by atoms with van der Waals surface area (Å²) in [6.45, 7) is 0. The molecule has 0 saturated heterocycles. The van der Waals surface area contributed by atoms with Gasteiger partial charge in [-0.05, 0) is 6.07 Å². The summed E-state index contributed by atoms with van der Waals surface area (Å²) < 4.78 is 25.0. The molecule has 0 aromatic heterocycles. The van der Waals surface area contributed by atoms with E-state index in [1.165, 1.54) is 13.1 Å². The molecule has 0 heterocycles. The Morgan fingerprint density at radius 1 is 1.62 bits per heavy atom. The first kappa shape index (κ1) is 11.8. The second kappa shape index (κ2) is 4.51. The van der Waals surface area contributed by atoms with Gasteiger partial charge in [0.1, 0.15) is 0 Å². The number of nitrogens with zero attached hydrogens (tertiary/aromatic N) is 3. The number of nitrogens with two attached hydrogens (primary N) is 1. The average molecular weight is 230 g/mol. The molecule has 0 radical (unpaired) electrons. The zero-order valence-corrected chi connectivity index (χ0v) is 8.22. The molecular formula is C8H8F2N4O2. The number of guanidine groups is 1. The van der Waals surface area contributed by atoms with Crippen LogP contribution in [0.1, 0.15) is 0 Å². The first-order valence-electron chi connectivity index (χ1n) is 4.09. The molecule has 2 N–H and O–H groups in total. The van der Waals surface area contributed by atoms with Gasteiger partial charge in [0.05, 0.1) is 4.92 Å². The van der Waals surface area contributed by atoms with Crippen LogP contribution < -0.4 is 10.6 Å². The van der Waals surface area contributed by atoms with Crippen molar-refractivity contribution in [3.63, 3.8) is 0 Å². The molecule has 1 aromatic carbocycles. The maximum atomic E-state index is 13.2. The van der Waals surface area contributed by atoms with Crippen molar-refractivity contribution in [2.45, 2.75) is 0 Å². The van der Waals surface area contributed by atoms with Gasteiger partial charge in [-0.15, -0.1) is 0 Å². The average Bonchev–Trinajstić information content (AvgIpc) is 2.26. The van der Waals surface area contributed by atoms with E-state index < -0.39 is 22.4 Å². The Morgan fingerprint density at radius 2 is 2.25 bits per heavy atom. The molecule has 0 bridgehead atoms. The Kier molecular flexibility index (Phi) is 3.33. The Hall–Kier alpha value is -2.25. The van der Waals surface area contributed by atoms with Crippen molar-refractivity contribution < 1.29 is 13.8 Å². The maximum Gasteiger partial charge on any atom is 0.304 e. The summed E-state index contributed by atoms with van der Waals surface area (Å²) in [5.41, 5.74) is 4.64. The van der Waals surface area contributed by atoms with Gasteiger partial charge >= 0.3 is 5.69 Å². The lowest BCUT2D eigenvalue weighted by Crippen LogP contribution is -2.33. The SMILES string of the molecule is CN(C(N)=NF)c1ccc([N+](=O)[O-])c(F)c1. The van der Waals surface area contributed by atoms with Crippen LogP contribution in [0.3, 0.4) is 0 Å². The highest BCUT2D eigenvalue weighted by molar-refractivity contribution is 5.93. The fourth-order valence-electron chi connectivity index (χ4n) is 1.04. The number of nitro groups is 1. The van der Waals surface area contributed by atoms with Crippen LogP contribution >= 0.6 is 0 Å². The predicted molar refractivity (Wildman–Crippen MR) is 54.2 cm³/mol. The lowest BCUT2D eigenvalue weighted by atomic mass is 10.2. The van der Waals surface area contributed by atoms with Gasteiger partial charge in [0.15, 0.2) is 0 Å². The topological polar surface area (TPSA) is 84.8 Å². The summed E-state index contributed by atoms with van der Waals surface area (Å²) in [5, 5.41) is 12.6. The van der Waals surface area contributed by atoms with E-state index in [2.05, 4.69) is 5.21 Å². The molecular weight excluding hydrogens is 222 g/mol. The van der Waals surface area contributed by atoms with Gasteiger partial charge in [0.2, 0.25) is 11.8 Å². The number of nitro benzene ring substituents is 1. The van der Waals surface area contributed by atoms with Crippen LogP contribution in [0.25, 0.3) is 0 Å². The second-order valence-corrected chi connectivity index (χ2v) is 2.89. The molecule has 0 spiro atoms. The number of hydrogen-bond donors (Lipinski definition) is 1. The summed E-state index contributed by atoms with van der Waals surface area (Å²) in [6, 6.07) is 3.07. The smallest absolute Gasteiger partial charge is 0.304 e. The number of hydrogen-bond acceptors (Lipinski definition) is 3. The minimum Gasteiger partial charge on any atom is -0.367 e. The number of anilines is 1. The van der Waals surface area contributed by atoms with Crippen molar-refractivity contribution in [2.75, 3.05) is 11.9 Å². The highest BCUT2D eigenvalue weighted by Crippen LogP contribution is 2.22. The lowest BCUT2D eigenvalue weighted by Gasteiger charge is -2.16. The Bertz CT molecular complexity index is 450. The van der Waals surface area contributed by atoms with Crippen molar-refractivity contribution in [3.8, 4) is 0 Å². The van der Waals surface area contributed by atoms with Crippen LogP contribution in [-0.4, -0.2) is 17.9 Å². The van der Waals surface area contributed by atoms with E-state index in [4.69, 9.17) is 5.73 Å². The number of halogens is 2. The van der Waals surface area contributed by atoms with Gasteiger partial charge in [-0.3, -0.25) is 10.1 Å². The molecule has 1 aromatic rings. The summed E-state index contributed by atoms with van der Waals surface area (Å²) in [7, 11) is 1.35. The third-order valence-corrected chi connectivity index (χ3v) is 1.95. The van der Waals surface area contributed by atoms with Gasteiger partial charge in [0.25, 0.3) is 0 Å². The second-order valence-electron chi connectivity index (χ2n) is 2.89. The van der Waals surface area contributed by atoms with Gasteiger partial charge < -0.3 is 10.6 Å². The molecule has 1 rings (SSSR count). The molecule has 8 heteroatoms. The number of rotatable bonds is 2. The fourth-order valence-corrected chi connectivity index (χ4v) is 1.04. The standard InChI is InChI=1S/C8H8F2N4O2/c1-13(8(11)12-10)5-2-3-7(14(15)16)6(9)4-5/h2-4H,1H3,(H2,11,12).